The van der Waals surface area contributed by atoms with Crippen LogP contribution < -0.4 is 9.80 Å². The Morgan fingerprint density at radius 1 is 0.340 bits per heavy atom. The van der Waals surface area contributed by atoms with Crippen molar-refractivity contribution >= 4 is 83.0 Å². The molecule has 0 N–H and O–H groups in total. The molecule has 0 fully saturated rings. The Balaban J connectivity index is 1.25. The number of para-hydroxylation sites is 1. The Morgan fingerprint density at radius 3 is 1.38 bits per heavy atom. The van der Waals surface area contributed by atoms with Crippen molar-refractivity contribution in [1.29, 1.82) is 0 Å². The molecule has 3 nitrogen and oxygen atoms in total. The third kappa shape index (κ3) is 5.03. The van der Waals surface area contributed by atoms with Crippen LogP contribution in [0.25, 0.3) is 48.9 Å². The highest BCUT2D eigenvalue weighted by atomic mass is 15.1. The molecule has 0 aliphatic carbocycles. The third-order valence-corrected chi connectivity index (χ3v) is 10.8. The maximum Gasteiger partial charge on any atom is 0.0627 e. The zero-order valence-corrected chi connectivity index (χ0v) is 30.4. The average Bonchev–Trinajstić information content (AvgIpc) is 3.67. The lowest BCUT2D eigenvalue weighted by Gasteiger charge is -2.26. The Morgan fingerprint density at radius 2 is 0.830 bits per heavy atom. The highest BCUT2D eigenvalue weighted by molar-refractivity contribution is 6.31. The largest absolute Gasteiger partial charge is 0.310 e. The standard InChI is InChI=1S/C50H39N3/c1-32-11-7-15-37(25-32)51(38-16-8-12-33(2)26-38)41-22-21-36-29-46-43-24-23-42(52(39-17-9-13-34(3)27-39)40-18-10-14-35(4)28-40)31-48(43)53-47-20-6-5-19-44(47)49(50(46)53)45(36)30-41/h5-31H,1-4H3. The van der Waals surface area contributed by atoms with E-state index in [2.05, 4.69) is 206 Å². The molecule has 0 aliphatic heterocycles. The highest BCUT2D eigenvalue weighted by Crippen LogP contribution is 2.46. The second-order valence-corrected chi connectivity index (χ2v) is 14.6. The maximum atomic E-state index is 2.51. The van der Waals surface area contributed by atoms with E-state index in [4.69, 9.17) is 0 Å². The van der Waals surface area contributed by atoms with Gasteiger partial charge in [0.25, 0.3) is 0 Å². The molecule has 53 heavy (non-hydrogen) atoms. The Labute approximate surface area is 309 Å². The van der Waals surface area contributed by atoms with Crippen molar-refractivity contribution in [1.82, 2.24) is 4.40 Å². The van der Waals surface area contributed by atoms with Crippen LogP contribution in [0.15, 0.2) is 164 Å². The zero-order valence-electron chi connectivity index (χ0n) is 30.4. The van der Waals surface area contributed by atoms with Crippen LogP contribution in [0.1, 0.15) is 22.3 Å². The number of aryl methyl sites for hydroxylation is 4. The Kier molecular flexibility index (Phi) is 7.06. The van der Waals surface area contributed by atoms with E-state index in [0.29, 0.717) is 0 Å². The van der Waals surface area contributed by atoms with Crippen LogP contribution in [0.3, 0.4) is 0 Å². The molecule has 10 rings (SSSR count). The summed E-state index contributed by atoms with van der Waals surface area (Å²) in [6.07, 6.45) is 0. The summed E-state index contributed by atoms with van der Waals surface area (Å²) in [5.74, 6) is 0. The summed E-state index contributed by atoms with van der Waals surface area (Å²) in [4.78, 5) is 4.78. The number of benzene rings is 8. The van der Waals surface area contributed by atoms with Gasteiger partial charge in [-0.2, -0.15) is 0 Å². The van der Waals surface area contributed by atoms with Gasteiger partial charge in [-0.05, 0) is 146 Å². The monoisotopic (exact) mass is 681 g/mol. The minimum atomic E-state index is 1.14. The molecule has 0 radical (unpaired) electrons. The first-order valence-electron chi connectivity index (χ1n) is 18.4. The van der Waals surface area contributed by atoms with Gasteiger partial charge in [-0.25, -0.2) is 0 Å². The molecule has 0 atom stereocenters. The predicted octanol–water partition coefficient (Wildman–Crippen LogP) is 14.2. The van der Waals surface area contributed by atoms with Gasteiger partial charge in [0.15, 0.2) is 0 Å². The third-order valence-electron chi connectivity index (χ3n) is 10.8. The summed E-state index contributed by atoms with van der Waals surface area (Å²) in [7, 11) is 0. The van der Waals surface area contributed by atoms with Crippen molar-refractivity contribution in [2.24, 2.45) is 0 Å². The van der Waals surface area contributed by atoms with Crippen molar-refractivity contribution in [3.63, 3.8) is 0 Å². The van der Waals surface area contributed by atoms with Gasteiger partial charge in [-0.1, -0.05) is 78.9 Å². The fourth-order valence-electron chi connectivity index (χ4n) is 8.51. The van der Waals surface area contributed by atoms with E-state index in [1.807, 2.05) is 0 Å². The molecule has 0 saturated heterocycles. The molecule has 10 aromatic rings. The maximum absolute atomic E-state index is 2.51. The molecule has 0 spiro atoms. The predicted molar refractivity (Wildman–Crippen MR) is 227 cm³/mol. The fourth-order valence-corrected chi connectivity index (χ4v) is 8.51. The number of hydrogen-bond acceptors (Lipinski definition) is 2. The number of hydrogen-bond donors (Lipinski definition) is 0. The summed E-state index contributed by atoms with van der Waals surface area (Å²) < 4.78 is 2.51. The smallest absolute Gasteiger partial charge is 0.0627 e. The van der Waals surface area contributed by atoms with Crippen molar-refractivity contribution in [2.45, 2.75) is 27.7 Å². The molecule has 2 heterocycles. The van der Waals surface area contributed by atoms with Gasteiger partial charge in [0, 0.05) is 55.7 Å². The molecule has 254 valence electrons. The van der Waals surface area contributed by atoms with Gasteiger partial charge in [-0.3, -0.25) is 0 Å². The first-order chi connectivity index (χ1) is 25.9. The molecule has 0 saturated carbocycles. The molecular weight excluding hydrogens is 643 g/mol. The average molecular weight is 682 g/mol. The summed E-state index contributed by atoms with van der Waals surface area (Å²) in [5, 5.41) is 7.62. The van der Waals surface area contributed by atoms with Gasteiger partial charge in [0.2, 0.25) is 0 Å². The summed E-state index contributed by atoms with van der Waals surface area (Å²) in [6, 6.07) is 60.5. The fraction of sp³-hybridized carbons (Fsp3) is 0.0800. The Bertz CT molecular complexity index is 2810. The molecule has 0 aliphatic rings. The summed E-state index contributed by atoms with van der Waals surface area (Å²) in [5.41, 5.74) is 15.6. The van der Waals surface area contributed by atoms with Crippen molar-refractivity contribution in [2.75, 3.05) is 9.80 Å². The van der Waals surface area contributed by atoms with Crippen LogP contribution in [0, 0.1) is 27.7 Å². The molecule has 2 aromatic heterocycles. The van der Waals surface area contributed by atoms with E-state index in [9.17, 15) is 0 Å². The Hall–Kier alpha value is -6.58. The summed E-state index contributed by atoms with van der Waals surface area (Å²) >= 11 is 0. The SMILES string of the molecule is Cc1cccc(N(c2cccc(C)c2)c2ccc3cc4c5ccc(N(c6cccc(C)c6)c6cccc(C)c6)cc5n5c6ccccc6c(c3c2)c45)c1. The molecule has 0 amide bonds. The van der Waals surface area contributed by atoms with Crippen LogP contribution in [0.2, 0.25) is 0 Å². The van der Waals surface area contributed by atoms with Crippen molar-refractivity contribution in [3.05, 3.63) is 186 Å². The van der Waals surface area contributed by atoms with Gasteiger partial charge in [0.1, 0.15) is 0 Å². The topological polar surface area (TPSA) is 10.9 Å². The minimum Gasteiger partial charge on any atom is -0.310 e. The van der Waals surface area contributed by atoms with Gasteiger partial charge < -0.3 is 14.2 Å². The van der Waals surface area contributed by atoms with Crippen LogP contribution in [-0.4, -0.2) is 4.40 Å². The lowest BCUT2D eigenvalue weighted by Crippen LogP contribution is -2.10. The van der Waals surface area contributed by atoms with Crippen LogP contribution in [0.5, 0.6) is 0 Å². The van der Waals surface area contributed by atoms with Crippen molar-refractivity contribution < 1.29 is 0 Å². The lowest BCUT2D eigenvalue weighted by molar-refractivity contribution is 1.26. The van der Waals surface area contributed by atoms with Crippen LogP contribution in [-0.2, 0) is 0 Å². The van der Waals surface area contributed by atoms with E-state index in [1.54, 1.807) is 0 Å². The van der Waals surface area contributed by atoms with E-state index >= 15 is 0 Å². The van der Waals surface area contributed by atoms with Gasteiger partial charge in [0.05, 0.1) is 16.6 Å². The number of fused-ring (bicyclic) bond motifs is 8. The number of nitrogens with zero attached hydrogens (tertiary/aromatic N) is 3. The molecule has 0 bridgehead atoms. The molecular formula is C50H39N3. The minimum absolute atomic E-state index is 1.14. The summed E-state index contributed by atoms with van der Waals surface area (Å²) in [6.45, 7) is 8.66. The highest BCUT2D eigenvalue weighted by Gasteiger charge is 2.23. The molecule has 3 heteroatoms. The quantitative estimate of drug-likeness (QED) is 0.173. The van der Waals surface area contributed by atoms with E-state index < -0.39 is 0 Å². The van der Waals surface area contributed by atoms with Gasteiger partial charge in [-0.15, -0.1) is 0 Å². The van der Waals surface area contributed by atoms with Crippen LogP contribution in [0.4, 0.5) is 34.1 Å². The number of aromatic nitrogens is 1. The second-order valence-electron chi connectivity index (χ2n) is 14.6. The molecule has 0 unspecified atom stereocenters. The van der Waals surface area contributed by atoms with E-state index in [-0.39, 0.29) is 0 Å². The number of rotatable bonds is 6. The first-order valence-corrected chi connectivity index (χ1v) is 18.4. The zero-order chi connectivity index (χ0) is 35.8. The number of anilines is 6. The van der Waals surface area contributed by atoms with E-state index in [0.717, 1.165) is 34.1 Å². The van der Waals surface area contributed by atoms with Crippen LogP contribution >= 0.6 is 0 Å². The second kappa shape index (κ2) is 12.0. The lowest BCUT2D eigenvalue weighted by atomic mass is 9.99. The molecule has 8 aromatic carbocycles. The van der Waals surface area contributed by atoms with E-state index in [1.165, 1.54) is 71.1 Å². The van der Waals surface area contributed by atoms with Crippen molar-refractivity contribution in [3.8, 4) is 0 Å². The normalized spacial score (nSPS) is 11.8. The van der Waals surface area contributed by atoms with Gasteiger partial charge >= 0.3 is 0 Å². The first kappa shape index (κ1) is 31.2.